The molecule has 20 heavy (non-hydrogen) atoms. The standard InChI is InChI=1S/C12H23N3O4S/c1-20(17,18)14-10-3-2-5-15(8-10)12(16)7-11-9-19-6-4-13-11/h10-11,13-14H,2-9H2,1H3. The largest absolute Gasteiger partial charge is 0.378 e. The van der Waals surface area contributed by atoms with Crippen LogP contribution in [0.25, 0.3) is 0 Å². The van der Waals surface area contributed by atoms with Crippen molar-refractivity contribution in [3.05, 3.63) is 0 Å². The molecule has 2 rings (SSSR count). The van der Waals surface area contributed by atoms with Crippen LogP contribution in [0.4, 0.5) is 0 Å². The van der Waals surface area contributed by atoms with Crippen molar-refractivity contribution in [1.82, 2.24) is 14.9 Å². The molecule has 2 saturated heterocycles. The van der Waals surface area contributed by atoms with Gasteiger partial charge in [0.15, 0.2) is 0 Å². The summed E-state index contributed by atoms with van der Waals surface area (Å²) in [5.41, 5.74) is 0. The Morgan fingerprint density at radius 2 is 2.30 bits per heavy atom. The molecular formula is C12H23N3O4S. The monoisotopic (exact) mass is 305 g/mol. The first-order valence-electron chi connectivity index (χ1n) is 7.00. The number of nitrogens with zero attached hydrogens (tertiary/aromatic N) is 1. The molecule has 0 spiro atoms. The van der Waals surface area contributed by atoms with Gasteiger partial charge in [0, 0.05) is 38.1 Å². The third-order valence-electron chi connectivity index (χ3n) is 3.57. The van der Waals surface area contributed by atoms with Gasteiger partial charge in [-0.15, -0.1) is 0 Å². The summed E-state index contributed by atoms with van der Waals surface area (Å²) in [6.07, 6.45) is 3.16. The number of carbonyl (C=O) groups excluding carboxylic acids is 1. The first-order valence-corrected chi connectivity index (χ1v) is 8.89. The zero-order valence-corrected chi connectivity index (χ0v) is 12.6. The molecule has 1 amide bonds. The average molecular weight is 305 g/mol. The lowest BCUT2D eigenvalue weighted by Crippen LogP contribution is -2.51. The molecule has 0 radical (unpaired) electrons. The highest BCUT2D eigenvalue weighted by atomic mass is 32.2. The van der Waals surface area contributed by atoms with E-state index in [1.165, 1.54) is 0 Å². The van der Waals surface area contributed by atoms with Crippen LogP contribution >= 0.6 is 0 Å². The highest BCUT2D eigenvalue weighted by molar-refractivity contribution is 7.88. The van der Waals surface area contributed by atoms with Gasteiger partial charge in [0.2, 0.25) is 15.9 Å². The number of likely N-dealkylation sites (tertiary alicyclic amines) is 1. The Labute approximate surface area is 120 Å². The second-order valence-corrected chi connectivity index (χ2v) is 7.28. The van der Waals surface area contributed by atoms with Crippen molar-refractivity contribution < 1.29 is 17.9 Å². The molecule has 0 aliphatic carbocycles. The van der Waals surface area contributed by atoms with Gasteiger partial charge in [0.05, 0.1) is 19.5 Å². The average Bonchev–Trinajstić information content (AvgIpc) is 2.38. The SMILES string of the molecule is CS(=O)(=O)NC1CCCN(C(=O)CC2COCCN2)C1. The lowest BCUT2D eigenvalue weighted by atomic mass is 10.1. The molecular weight excluding hydrogens is 282 g/mol. The smallest absolute Gasteiger partial charge is 0.224 e. The Kier molecular flexibility index (Phi) is 5.36. The molecule has 0 aromatic carbocycles. The Bertz CT molecular complexity index is 434. The van der Waals surface area contributed by atoms with Gasteiger partial charge in [-0.2, -0.15) is 0 Å². The minimum Gasteiger partial charge on any atom is -0.378 e. The van der Waals surface area contributed by atoms with Crippen LogP contribution in [0, 0.1) is 0 Å². The van der Waals surface area contributed by atoms with Crippen LogP contribution < -0.4 is 10.0 Å². The second kappa shape index (κ2) is 6.84. The molecule has 2 atom stereocenters. The highest BCUT2D eigenvalue weighted by Gasteiger charge is 2.27. The van der Waals surface area contributed by atoms with Gasteiger partial charge in [-0.05, 0) is 12.8 Å². The number of amides is 1. The Balaban J connectivity index is 1.83. The van der Waals surface area contributed by atoms with E-state index in [4.69, 9.17) is 4.74 Å². The van der Waals surface area contributed by atoms with E-state index in [0.717, 1.165) is 25.6 Å². The number of ether oxygens (including phenoxy) is 1. The van der Waals surface area contributed by atoms with E-state index in [1.54, 1.807) is 4.90 Å². The quantitative estimate of drug-likeness (QED) is 0.689. The maximum atomic E-state index is 12.2. The van der Waals surface area contributed by atoms with E-state index >= 15 is 0 Å². The molecule has 116 valence electrons. The van der Waals surface area contributed by atoms with Crippen LogP contribution in [0.15, 0.2) is 0 Å². The third-order valence-corrected chi connectivity index (χ3v) is 4.34. The summed E-state index contributed by atoms with van der Waals surface area (Å²) in [5, 5.41) is 3.25. The number of rotatable bonds is 4. The van der Waals surface area contributed by atoms with Crippen LogP contribution in [-0.2, 0) is 19.6 Å². The summed E-state index contributed by atoms with van der Waals surface area (Å²) >= 11 is 0. The van der Waals surface area contributed by atoms with Crippen LogP contribution in [0.2, 0.25) is 0 Å². The minimum absolute atomic E-state index is 0.0630. The number of hydrogen-bond acceptors (Lipinski definition) is 5. The summed E-state index contributed by atoms with van der Waals surface area (Å²) < 4.78 is 30.4. The molecule has 0 aromatic heterocycles. The molecule has 0 saturated carbocycles. The van der Waals surface area contributed by atoms with Crippen molar-refractivity contribution >= 4 is 15.9 Å². The fourth-order valence-electron chi connectivity index (χ4n) is 2.69. The van der Waals surface area contributed by atoms with Crippen LogP contribution in [-0.4, -0.2) is 70.4 Å². The molecule has 7 nitrogen and oxygen atoms in total. The van der Waals surface area contributed by atoms with Gasteiger partial charge in [-0.25, -0.2) is 13.1 Å². The van der Waals surface area contributed by atoms with Crippen molar-refractivity contribution in [2.24, 2.45) is 0 Å². The first kappa shape index (κ1) is 15.7. The third kappa shape index (κ3) is 5.01. The van der Waals surface area contributed by atoms with E-state index < -0.39 is 10.0 Å². The molecule has 2 aliphatic heterocycles. The molecule has 8 heteroatoms. The van der Waals surface area contributed by atoms with Gasteiger partial charge >= 0.3 is 0 Å². The molecule has 2 fully saturated rings. The molecule has 2 aliphatic rings. The fourth-order valence-corrected chi connectivity index (χ4v) is 3.49. The Morgan fingerprint density at radius 3 is 2.95 bits per heavy atom. The number of hydrogen-bond donors (Lipinski definition) is 2. The lowest BCUT2D eigenvalue weighted by Gasteiger charge is -2.34. The van der Waals surface area contributed by atoms with Gasteiger partial charge in [0.1, 0.15) is 0 Å². The van der Waals surface area contributed by atoms with Crippen molar-refractivity contribution in [1.29, 1.82) is 0 Å². The predicted molar refractivity (Wildman–Crippen MR) is 74.8 cm³/mol. The van der Waals surface area contributed by atoms with Gasteiger partial charge in [-0.1, -0.05) is 0 Å². The highest BCUT2D eigenvalue weighted by Crippen LogP contribution is 2.13. The van der Waals surface area contributed by atoms with E-state index in [9.17, 15) is 13.2 Å². The molecule has 0 aromatic rings. The van der Waals surface area contributed by atoms with Gasteiger partial charge in [-0.3, -0.25) is 4.79 Å². The van der Waals surface area contributed by atoms with Crippen LogP contribution in [0.1, 0.15) is 19.3 Å². The summed E-state index contributed by atoms with van der Waals surface area (Å²) in [6.45, 7) is 3.18. The summed E-state index contributed by atoms with van der Waals surface area (Å²) in [5.74, 6) is 0.0630. The first-order chi connectivity index (χ1) is 9.44. The maximum Gasteiger partial charge on any atom is 0.224 e. The lowest BCUT2D eigenvalue weighted by molar-refractivity contribution is -0.133. The minimum atomic E-state index is -3.22. The Morgan fingerprint density at radius 1 is 1.50 bits per heavy atom. The van der Waals surface area contributed by atoms with E-state index in [1.807, 2.05) is 0 Å². The summed E-state index contributed by atoms with van der Waals surface area (Å²) in [7, 11) is -3.22. The number of nitrogens with one attached hydrogen (secondary N) is 2. The fraction of sp³-hybridized carbons (Fsp3) is 0.917. The predicted octanol–water partition coefficient (Wildman–Crippen LogP) is -1.09. The topological polar surface area (TPSA) is 87.7 Å². The van der Waals surface area contributed by atoms with E-state index in [2.05, 4.69) is 10.0 Å². The van der Waals surface area contributed by atoms with E-state index in [-0.39, 0.29) is 18.0 Å². The van der Waals surface area contributed by atoms with E-state index in [0.29, 0.717) is 32.7 Å². The number of morpholine rings is 1. The second-order valence-electron chi connectivity index (χ2n) is 5.50. The van der Waals surface area contributed by atoms with Crippen LogP contribution in [0.5, 0.6) is 0 Å². The number of sulfonamides is 1. The van der Waals surface area contributed by atoms with Crippen molar-refractivity contribution in [2.45, 2.75) is 31.3 Å². The molecule has 2 unspecified atom stereocenters. The van der Waals surface area contributed by atoms with Crippen molar-refractivity contribution in [3.8, 4) is 0 Å². The van der Waals surface area contributed by atoms with Crippen molar-refractivity contribution in [3.63, 3.8) is 0 Å². The number of carbonyl (C=O) groups is 1. The number of piperidine rings is 1. The zero-order valence-electron chi connectivity index (χ0n) is 11.8. The van der Waals surface area contributed by atoms with Crippen molar-refractivity contribution in [2.75, 3.05) is 39.1 Å². The zero-order chi connectivity index (χ0) is 14.6. The molecule has 2 N–H and O–H groups in total. The molecule has 2 heterocycles. The van der Waals surface area contributed by atoms with Gasteiger partial charge < -0.3 is 15.0 Å². The van der Waals surface area contributed by atoms with Crippen LogP contribution in [0.3, 0.4) is 0 Å². The maximum absolute atomic E-state index is 12.2. The normalized spacial score (nSPS) is 28.4. The molecule has 0 bridgehead atoms. The summed E-state index contributed by atoms with van der Waals surface area (Å²) in [4.78, 5) is 14.0. The summed E-state index contributed by atoms with van der Waals surface area (Å²) in [6, 6.07) is -0.0993. The Hall–Kier alpha value is -0.700. The van der Waals surface area contributed by atoms with Gasteiger partial charge in [0.25, 0.3) is 0 Å².